The molecule has 1 aromatic heterocycles. The van der Waals surface area contributed by atoms with Gasteiger partial charge >= 0.3 is 0 Å². The number of nitrogens with zero attached hydrogens (tertiary/aromatic N) is 3. The minimum absolute atomic E-state index is 0.0641. The molecule has 0 N–H and O–H groups in total. The van der Waals surface area contributed by atoms with Crippen molar-refractivity contribution in [3.63, 3.8) is 0 Å². The predicted molar refractivity (Wildman–Crippen MR) is 138 cm³/mol. The maximum atomic E-state index is 14.1. The van der Waals surface area contributed by atoms with Crippen molar-refractivity contribution in [3.8, 4) is 5.75 Å². The standard InChI is InChI=1S/C29H32FN3O2/c1-4-35-28-15-9-14-26-25(28)19-27(33(26)21-23-12-8-13-24(30)18-23)29(34)32(17-16-31(2)3)20-22-10-6-5-7-11-22/h5-15,18-19H,4,16-17,20-21H2,1-3H3. The third-order valence-electron chi connectivity index (χ3n) is 5.98. The predicted octanol–water partition coefficient (Wildman–Crippen LogP) is 5.43. The SMILES string of the molecule is CCOc1cccc2c1cc(C(=O)N(CCN(C)C)Cc1ccccc1)n2Cc1cccc(F)c1. The van der Waals surface area contributed by atoms with Gasteiger partial charge in [-0.3, -0.25) is 4.79 Å². The molecule has 35 heavy (non-hydrogen) atoms. The number of hydrogen-bond donors (Lipinski definition) is 0. The van der Waals surface area contributed by atoms with Gasteiger partial charge in [0, 0.05) is 31.6 Å². The summed E-state index contributed by atoms with van der Waals surface area (Å²) in [5.74, 6) is 0.379. The normalized spacial score (nSPS) is 11.2. The Hall–Kier alpha value is -3.64. The Bertz CT molecular complexity index is 1280. The molecule has 0 spiro atoms. The van der Waals surface area contributed by atoms with E-state index < -0.39 is 0 Å². The van der Waals surface area contributed by atoms with Gasteiger partial charge in [0.2, 0.25) is 0 Å². The highest BCUT2D eigenvalue weighted by Crippen LogP contribution is 2.31. The lowest BCUT2D eigenvalue weighted by Gasteiger charge is -2.25. The molecule has 5 nitrogen and oxygen atoms in total. The van der Waals surface area contributed by atoms with Gasteiger partial charge in [-0.2, -0.15) is 0 Å². The van der Waals surface area contributed by atoms with Crippen molar-refractivity contribution in [1.29, 1.82) is 0 Å². The van der Waals surface area contributed by atoms with Crippen molar-refractivity contribution in [3.05, 3.63) is 102 Å². The molecule has 6 heteroatoms. The van der Waals surface area contributed by atoms with Crippen LogP contribution in [0, 0.1) is 5.82 Å². The molecule has 0 radical (unpaired) electrons. The monoisotopic (exact) mass is 473 g/mol. The molecule has 0 fully saturated rings. The first-order valence-corrected chi connectivity index (χ1v) is 11.9. The minimum atomic E-state index is -0.293. The zero-order chi connectivity index (χ0) is 24.8. The van der Waals surface area contributed by atoms with Crippen molar-refractivity contribution in [2.24, 2.45) is 0 Å². The van der Waals surface area contributed by atoms with Gasteiger partial charge in [-0.25, -0.2) is 4.39 Å². The van der Waals surface area contributed by atoms with E-state index in [0.717, 1.165) is 34.3 Å². The van der Waals surface area contributed by atoms with Gasteiger partial charge in [-0.1, -0.05) is 48.5 Å². The number of likely N-dealkylation sites (N-methyl/N-ethyl adjacent to an activating group) is 1. The Morgan fingerprint density at radius 3 is 2.37 bits per heavy atom. The van der Waals surface area contributed by atoms with Crippen LogP contribution in [0.5, 0.6) is 5.75 Å². The van der Waals surface area contributed by atoms with Gasteiger partial charge in [0.25, 0.3) is 5.91 Å². The van der Waals surface area contributed by atoms with Crippen LogP contribution >= 0.6 is 0 Å². The number of aromatic nitrogens is 1. The summed E-state index contributed by atoms with van der Waals surface area (Å²) < 4.78 is 21.8. The van der Waals surface area contributed by atoms with Crippen molar-refractivity contribution >= 4 is 16.8 Å². The lowest BCUT2D eigenvalue weighted by atomic mass is 10.2. The fraction of sp³-hybridized carbons (Fsp3) is 0.276. The molecular weight excluding hydrogens is 441 g/mol. The number of carbonyl (C=O) groups is 1. The zero-order valence-electron chi connectivity index (χ0n) is 20.6. The molecule has 0 atom stereocenters. The van der Waals surface area contributed by atoms with Gasteiger partial charge in [0.15, 0.2) is 0 Å². The molecule has 0 aliphatic heterocycles. The number of hydrogen-bond acceptors (Lipinski definition) is 3. The Morgan fingerprint density at radius 2 is 1.66 bits per heavy atom. The number of halogens is 1. The first kappa shape index (κ1) is 24.5. The lowest BCUT2D eigenvalue weighted by molar-refractivity contribution is 0.0722. The smallest absolute Gasteiger partial charge is 0.270 e. The maximum absolute atomic E-state index is 14.1. The average molecular weight is 474 g/mol. The number of benzene rings is 3. The number of ether oxygens (including phenoxy) is 1. The number of carbonyl (C=O) groups excluding carboxylic acids is 1. The fourth-order valence-corrected chi connectivity index (χ4v) is 4.24. The van der Waals surface area contributed by atoms with Crippen LogP contribution in [-0.2, 0) is 13.1 Å². The molecule has 0 unspecified atom stereocenters. The van der Waals surface area contributed by atoms with Crippen LogP contribution in [0.2, 0.25) is 0 Å². The number of rotatable bonds is 10. The summed E-state index contributed by atoms with van der Waals surface area (Å²) in [5.41, 5.74) is 3.31. The van der Waals surface area contributed by atoms with Gasteiger partial charge in [-0.15, -0.1) is 0 Å². The second-order valence-electron chi connectivity index (χ2n) is 8.88. The molecule has 0 saturated heterocycles. The molecule has 0 aliphatic carbocycles. The van der Waals surface area contributed by atoms with Crippen molar-refractivity contribution in [2.45, 2.75) is 20.0 Å². The maximum Gasteiger partial charge on any atom is 0.270 e. The van der Waals surface area contributed by atoms with Gasteiger partial charge in [0.05, 0.1) is 12.1 Å². The number of fused-ring (bicyclic) bond motifs is 1. The van der Waals surface area contributed by atoms with E-state index in [4.69, 9.17) is 4.74 Å². The molecule has 182 valence electrons. The molecule has 0 aliphatic rings. The zero-order valence-corrected chi connectivity index (χ0v) is 20.6. The van der Waals surface area contributed by atoms with E-state index in [1.165, 1.54) is 12.1 Å². The molecule has 1 amide bonds. The van der Waals surface area contributed by atoms with Gasteiger partial charge < -0.3 is 19.1 Å². The lowest BCUT2D eigenvalue weighted by Crippen LogP contribution is -2.37. The van der Waals surface area contributed by atoms with Crippen molar-refractivity contribution < 1.29 is 13.9 Å². The first-order chi connectivity index (χ1) is 17.0. The van der Waals surface area contributed by atoms with E-state index in [-0.39, 0.29) is 11.7 Å². The van der Waals surface area contributed by atoms with Crippen LogP contribution < -0.4 is 4.74 Å². The summed E-state index contributed by atoms with van der Waals surface area (Å²) in [6.45, 7) is 4.68. The highest BCUT2D eigenvalue weighted by molar-refractivity contribution is 6.00. The van der Waals surface area contributed by atoms with E-state index in [1.807, 2.05) is 91.1 Å². The topological polar surface area (TPSA) is 37.7 Å². The van der Waals surface area contributed by atoms with Gasteiger partial charge in [0.1, 0.15) is 17.3 Å². The summed E-state index contributed by atoms with van der Waals surface area (Å²) in [4.78, 5) is 18.0. The second kappa shape index (κ2) is 11.2. The highest BCUT2D eigenvalue weighted by atomic mass is 19.1. The van der Waals surface area contributed by atoms with E-state index in [0.29, 0.717) is 31.9 Å². The first-order valence-electron chi connectivity index (χ1n) is 11.9. The van der Waals surface area contributed by atoms with Crippen LogP contribution in [0.25, 0.3) is 10.9 Å². The van der Waals surface area contributed by atoms with Crippen LogP contribution in [0.3, 0.4) is 0 Å². The quantitative estimate of drug-likeness (QED) is 0.308. The van der Waals surface area contributed by atoms with E-state index in [1.54, 1.807) is 6.07 Å². The molecule has 4 aromatic rings. The van der Waals surface area contributed by atoms with Crippen molar-refractivity contribution in [1.82, 2.24) is 14.4 Å². The summed E-state index contributed by atoms with van der Waals surface area (Å²) in [6.07, 6.45) is 0. The Morgan fingerprint density at radius 1 is 0.914 bits per heavy atom. The van der Waals surface area contributed by atoms with Crippen LogP contribution in [-0.4, -0.2) is 54.1 Å². The van der Waals surface area contributed by atoms with Crippen LogP contribution in [0.1, 0.15) is 28.5 Å². The highest BCUT2D eigenvalue weighted by Gasteiger charge is 2.23. The Labute approximate surface area is 206 Å². The minimum Gasteiger partial charge on any atom is -0.493 e. The third-order valence-corrected chi connectivity index (χ3v) is 5.98. The van der Waals surface area contributed by atoms with E-state index >= 15 is 0 Å². The second-order valence-corrected chi connectivity index (χ2v) is 8.88. The summed E-state index contributed by atoms with van der Waals surface area (Å²) in [5, 5.41) is 0.876. The average Bonchev–Trinajstić information content (AvgIpc) is 3.21. The Kier molecular flexibility index (Phi) is 7.83. The summed E-state index contributed by atoms with van der Waals surface area (Å²) >= 11 is 0. The molecule has 0 saturated carbocycles. The largest absolute Gasteiger partial charge is 0.493 e. The molecule has 3 aromatic carbocycles. The molecule has 1 heterocycles. The van der Waals surface area contributed by atoms with E-state index in [2.05, 4.69) is 4.90 Å². The van der Waals surface area contributed by atoms with Crippen molar-refractivity contribution in [2.75, 3.05) is 33.8 Å². The van der Waals surface area contributed by atoms with E-state index in [9.17, 15) is 9.18 Å². The third kappa shape index (κ3) is 5.89. The summed E-state index contributed by atoms with van der Waals surface area (Å²) in [7, 11) is 4.00. The van der Waals surface area contributed by atoms with Gasteiger partial charge in [-0.05, 0) is 62.5 Å². The fourth-order valence-electron chi connectivity index (χ4n) is 4.24. The molecule has 0 bridgehead atoms. The molecular formula is C29H32FN3O2. The van der Waals surface area contributed by atoms with Crippen LogP contribution in [0.15, 0.2) is 78.9 Å². The Balaban J connectivity index is 1.79. The summed E-state index contributed by atoms with van der Waals surface area (Å²) in [6, 6.07) is 24.3. The molecule has 4 rings (SSSR count). The number of amides is 1. The van der Waals surface area contributed by atoms with Crippen LogP contribution in [0.4, 0.5) is 4.39 Å².